The first-order chi connectivity index (χ1) is 9.33. The van der Waals surface area contributed by atoms with Gasteiger partial charge in [-0.05, 0) is 38.3 Å². The standard InChI is InChI=1S/C15H24FN3/c16-14(15-7-3-4-9-17-15)11-12-8-10-19(18-12)13-5-1-2-6-13/h8,10,13-15,17H,1-7,9,11H2. The Bertz CT molecular complexity index is 392. The lowest BCUT2D eigenvalue weighted by Crippen LogP contribution is -2.42. The summed E-state index contributed by atoms with van der Waals surface area (Å²) in [6, 6.07) is 2.58. The van der Waals surface area contributed by atoms with Crippen LogP contribution in [0.2, 0.25) is 0 Å². The average molecular weight is 265 g/mol. The second-order valence-corrected chi connectivity index (χ2v) is 6.00. The fourth-order valence-electron chi connectivity index (χ4n) is 3.39. The number of aromatic nitrogens is 2. The first kappa shape index (κ1) is 13.1. The van der Waals surface area contributed by atoms with Gasteiger partial charge < -0.3 is 5.32 Å². The summed E-state index contributed by atoms with van der Waals surface area (Å²) in [4.78, 5) is 0. The second kappa shape index (κ2) is 6.04. The van der Waals surface area contributed by atoms with Crippen LogP contribution in [0, 0.1) is 0 Å². The molecule has 0 amide bonds. The van der Waals surface area contributed by atoms with Gasteiger partial charge in [0.25, 0.3) is 0 Å². The van der Waals surface area contributed by atoms with Gasteiger partial charge in [0.15, 0.2) is 0 Å². The third-order valence-electron chi connectivity index (χ3n) is 4.55. The molecule has 2 atom stereocenters. The zero-order valence-corrected chi connectivity index (χ0v) is 11.5. The number of nitrogens with one attached hydrogen (secondary N) is 1. The molecule has 1 saturated carbocycles. The van der Waals surface area contributed by atoms with Gasteiger partial charge >= 0.3 is 0 Å². The minimum absolute atomic E-state index is 0.0328. The number of piperidine rings is 1. The summed E-state index contributed by atoms with van der Waals surface area (Å²) in [5.74, 6) is 0. The summed E-state index contributed by atoms with van der Waals surface area (Å²) in [5, 5.41) is 7.87. The van der Waals surface area contributed by atoms with E-state index in [9.17, 15) is 4.39 Å². The van der Waals surface area contributed by atoms with Crippen molar-refractivity contribution in [3.63, 3.8) is 0 Å². The second-order valence-electron chi connectivity index (χ2n) is 6.00. The van der Waals surface area contributed by atoms with E-state index in [1.807, 2.05) is 12.3 Å². The molecule has 2 unspecified atom stereocenters. The molecule has 1 aromatic heterocycles. The van der Waals surface area contributed by atoms with Crippen molar-refractivity contribution in [2.75, 3.05) is 6.54 Å². The van der Waals surface area contributed by atoms with Crippen molar-refractivity contribution in [1.82, 2.24) is 15.1 Å². The van der Waals surface area contributed by atoms with Gasteiger partial charge in [-0.3, -0.25) is 4.68 Å². The lowest BCUT2D eigenvalue weighted by molar-refractivity contribution is 0.215. The van der Waals surface area contributed by atoms with Crippen LogP contribution in [0.4, 0.5) is 4.39 Å². The molecule has 1 aliphatic carbocycles. The fourth-order valence-corrected chi connectivity index (χ4v) is 3.39. The van der Waals surface area contributed by atoms with Crippen LogP contribution < -0.4 is 5.32 Å². The number of rotatable bonds is 4. The van der Waals surface area contributed by atoms with Gasteiger partial charge in [-0.1, -0.05) is 19.3 Å². The third kappa shape index (κ3) is 3.16. The maximum absolute atomic E-state index is 14.2. The molecule has 2 fully saturated rings. The van der Waals surface area contributed by atoms with E-state index in [-0.39, 0.29) is 6.04 Å². The first-order valence-corrected chi connectivity index (χ1v) is 7.74. The van der Waals surface area contributed by atoms with Gasteiger partial charge in [0.2, 0.25) is 0 Å². The number of alkyl halides is 1. The van der Waals surface area contributed by atoms with Gasteiger partial charge in [0, 0.05) is 18.7 Å². The maximum atomic E-state index is 14.2. The number of nitrogens with zero attached hydrogens (tertiary/aromatic N) is 2. The van der Waals surface area contributed by atoms with Gasteiger partial charge in [0.1, 0.15) is 6.17 Å². The SMILES string of the molecule is FC(Cc1ccn(C2CCCC2)n1)C1CCCCN1. The lowest BCUT2D eigenvalue weighted by Gasteiger charge is -2.26. The van der Waals surface area contributed by atoms with Crippen LogP contribution in [0.3, 0.4) is 0 Å². The predicted octanol–water partition coefficient (Wildman–Crippen LogP) is 3.02. The highest BCUT2D eigenvalue weighted by molar-refractivity contribution is 5.03. The van der Waals surface area contributed by atoms with Crippen molar-refractivity contribution in [2.24, 2.45) is 0 Å². The van der Waals surface area contributed by atoms with Crippen molar-refractivity contribution in [1.29, 1.82) is 0 Å². The zero-order valence-electron chi connectivity index (χ0n) is 11.5. The van der Waals surface area contributed by atoms with Gasteiger partial charge in [0.05, 0.1) is 11.7 Å². The third-order valence-corrected chi connectivity index (χ3v) is 4.55. The number of hydrogen-bond donors (Lipinski definition) is 1. The Balaban J connectivity index is 1.56. The minimum Gasteiger partial charge on any atom is -0.311 e. The Hall–Kier alpha value is -0.900. The molecule has 4 heteroatoms. The summed E-state index contributed by atoms with van der Waals surface area (Å²) in [5.41, 5.74) is 0.909. The fraction of sp³-hybridized carbons (Fsp3) is 0.800. The van der Waals surface area contributed by atoms with E-state index in [0.29, 0.717) is 12.5 Å². The molecule has 0 aromatic carbocycles. The molecule has 106 valence electrons. The highest BCUT2D eigenvalue weighted by Crippen LogP contribution is 2.29. The van der Waals surface area contributed by atoms with Crippen molar-refractivity contribution >= 4 is 0 Å². The molecule has 0 bridgehead atoms. The van der Waals surface area contributed by atoms with Crippen molar-refractivity contribution in [3.8, 4) is 0 Å². The van der Waals surface area contributed by atoms with Crippen LogP contribution >= 0.6 is 0 Å². The van der Waals surface area contributed by atoms with Crippen molar-refractivity contribution in [2.45, 2.75) is 69.6 Å². The zero-order chi connectivity index (χ0) is 13.1. The molecule has 1 saturated heterocycles. The van der Waals surface area contributed by atoms with Crippen LogP contribution in [-0.4, -0.2) is 28.5 Å². The lowest BCUT2D eigenvalue weighted by atomic mass is 9.98. The largest absolute Gasteiger partial charge is 0.311 e. The van der Waals surface area contributed by atoms with Crippen molar-refractivity contribution < 1.29 is 4.39 Å². The molecule has 1 N–H and O–H groups in total. The van der Waals surface area contributed by atoms with E-state index >= 15 is 0 Å². The molecule has 19 heavy (non-hydrogen) atoms. The Morgan fingerprint density at radius 3 is 2.79 bits per heavy atom. The Kier molecular flexibility index (Phi) is 4.16. The smallest absolute Gasteiger partial charge is 0.121 e. The normalized spacial score (nSPS) is 26.7. The number of halogens is 1. The van der Waals surface area contributed by atoms with Crippen LogP contribution in [0.5, 0.6) is 0 Å². The molecule has 2 heterocycles. The average Bonchev–Trinajstić information content (AvgIpc) is 3.10. The number of hydrogen-bond acceptors (Lipinski definition) is 2. The van der Waals surface area contributed by atoms with Gasteiger partial charge in [-0.2, -0.15) is 5.10 Å². The van der Waals surface area contributed by atoms with E-state index in [0.717, 1.165) is 25.1 Å². The molecule has 1 aliphatic heterocycles. The van der Waals surface area contributed by atoms with Crippen LogP contribution in [0.1, 0.15) is 56.7 Å². The first-order valence-electron chi connectivity index (χ1n) is 7.74. The van der Waals surface area contributed by atoms with Gasteiger partial charge in [-0.25, -0.2) is 4.39 Å². The molecule has 2 aliphatic rings. The molecular formula is C15H24FN3. The summed E-state index contributed by atoms with van der Waals surface area (Å²) >= 11 is 0. The van der Waals surface area contributed by atoms with Crippen LogP contribution in [-0.2, 0) is 6.42 Å². The van der Waals surface area contributed by atoms with Crippen molar-refractivity contribution in [3.05, 3.63) is 18.0 Å². The van der Waals surface area contributed by atoms with E-state index in [4.69, 9.17) is 0 Å². The quantitative estimate of drug-likeness (QED) is 0.907. The summed E-state index contributed by atoms with van der Waals surface area (Å²) in [6.45, 7) is 0.960. The van der Waals surface area contributed by atoms with Gasteiger partial charge in [-0.15, -0.1) is 0 Å². The van der Waals surface area contributed by atoms with E-state index in [1.54, 1.807) is 0 Å². The molecule has 3 rings (SSSR count). The van der Waals surface area contributed by atoms with E-state index < -0.39 is 6.17 Å². The Morgan fingerprint density at radius 2 is 2.05 bits per heavy atom. The summed E-state index contributed by atoms with van der Waals surface area (Å²) < 4.78 is 16.3. The Labute approximate surface area is 114 Å². The molecule has 1 aromatic rings. The van der Waals surface area contributed by atoms with Crippen LogP contribution in [0.15, 0.2) is 12.3 Å². The van der Waals surface area contributed by atoms with E-state index in [1.165, 1.54) is 32.1 Å². The molecule has 0 radical (unpaired) electrons. The highest BCUT2D eigenvalue weighted by Gasteiger charge is 2.24. The molecule has 0 spiro atoms. The monoisotopic (exact) mass is 265 g/mol. The molecular weight excluding hydrogens is 241 g/mol. The maximum Gasteiger partial charge on any atom is 0.121 e. The Morgan fingerprint density at radius 1 is 1.26 bits per heavy atom. The highest BCUT2D eigenvalue weighted by atomic mass is 19.1. The van der Waals surface area contributed by atoms with Crippen LogP contribution in [0.25, 0.3) is 0 Å². The predicted molar refractivity (Wildman–Crippen MR) is 74.0 cm³/mol. The topological polar surface area (TPSA) is 29.9 Å². The summed E-state index contributed by atoms with van der Waals surface area (Å²) in [6.07, 6.45) is 10.0. The summed E-state index contributed by atoms with van der Waals surface area (Å²) in [7, 11) is 0. The molecule has 3 nitrogen and oxygen atoms in total. The van der Waals surface area contributed by atoms with E-state index in [2.05, 4.69) is 15.1 Å². The minimum atomic E-state index is -0.799.